The van der Waals surface area contributed by atoms with Crippen molar-refractivity contribution in [2.24, 2.45) is 4.99 Å². The Labute approximate surface area is 72.6 Å². The van der Waals surface area contributed by atoms with E-state index >= 15 is 0 Å². The summed E-state index contributed by atoms with van der Waals surface area (Å²) in [5.74, 6) is 0.827. The number of carbonyl (C=O) groups excluding carboxylic acids is 1. The van der Waals surface area contributed by atoms with Crippen molar-refractivity contribution in [3.63, 3.8) is 0 Å². The minimum absolute atomic E-state index is 0.0382. The van der Waals surface area contributed by atoms with Crippen LogP contribution in [0.25, 0.3) is 0 Å². The summed E-state index contributed by atoms with van der Waals surface area (Å²) in [6.07, 6.45) is 1.30. The van der Waals surface area contributed by atoms with Gasteiger partial charge in [0.05, 0.1) is 0 Å². The SMILES string of the molecule is CCC(=O)NC1=NC(C)=C(C)C1. The van der Waals surface area contributed by atoms with Crippen molar-refractivity contribution in [2.75, 3.05) is 0 Å². The molecule has 1 N–H and O–H groups in total. The monoisotopic (exact) mass is 166 g/mol. The lowest BCUT2D eigenvalue weighted by Gasteiger charge is -2.01. The highest BCUT2D eigenvalue weighted by Crippen LogP contribution is 2.16. The van der Waals surface area contributed by atoms with Gasteiger partial charge in [0.15, 0.2) is 0 Å². The molecule has 1 aliphatic rings. The van der Waals surface area contributed by atoms with Crippen LogP contribution in [0.15, 0.2) is 16.3 Å². The lowest BCUT2D eigenvalue weighted by molar-refractivity contribution is -0.119. The molecule has 1 heterocycles. The van der Waals surface area contributed by atoms with E-state index in [1.807, 2.05) is 20.8 Å². The molecule has 3 nitrogen and oxygen atoms in total. The molecule has 0 radical (unpaired) electrons. The van der Waals surface area contributed by atoms with Crippen LogP contribution in [0, 0.1) is 0 Å². The molecule has 0 fully saturated rings. The summed E-state index contributed by atoms with van der Waals surface area (Å²) < 4.78 is 0. The van der Waals surface area contributed by atoms with Crippen molar-refractivity contribution in [1.29, 1.82) is 0 Å². The number of allylic oxidation sites excluding steroid dienone is 1. The van der Waals surface area contributed by atoms with Crippen molar-refractivity contribution in [3.8, 4) is 0 Å². The van der Waals surface area contributed by atoms with Gasteiger partial charge in [0.25, 0.3) is 0 Å². The minimum atomic E-state index is 0.0382. The topological polar surface area (TPSA) is 41.5 Å². The molecule has 1 aliphatic heterocycles. The molecule has 0 bridgehead atoms. The molecule has 0 atom stereocenters. The van der Waals surface area contributed by atoms with E-state index in [0.29, 0.717) is 6.42 Å². The maximum Gasteiger partial charge on any atom is 0.225 e. The summed E-state index contributed by atoms with van der Waals surface area (Å²) in [4.78, 5) is 15.2. The van der Waals surface area contributed by atoms with Crippen LogP contribution < -0.4 is 5.32 Å². The van der Waals surface area contributed by atoms with Crippen LogP contribution in [0.2, 0.25) is 0 Å². The van der Waals surface area contributed by atoms with E-state index in [0.717, 1.165) is 18.0 Å². The maximum absolute atomic E-state index is 11.0. The van der Waals surface area contributed by atoms with E-state index in [1.54, 1.807) is 0 Å². The van der Waals surface area contributed by atoms with Crippen molar-refractivity contribution in [3.05, 3.63) is 11.3 Å². The second-order valence-electron chi connectivity index (χ2n) is 3.00. The summed E-state index contributed by atoms with van der Waals surface area (Å²) in [5, 5.41) is 2.76. The second kappa shape index (κ2) is 3.52. The fraction of sp³-hybridized carbons (Fsp3) is 0.556. The number of nitrogens with zero attached hydrogens (tertiary/aromatic N) is 1. The average Bonchev–Trinajstić information content (AvgIpc) is 2.31. The van der Waals surface area contributed by atoms with Gasteiger partial charge in [-0.2, -0.15) is 0 Å². The summed E-state index contributed by atoms with van der Waals surface area (Å²) >= 11 is 0. The van der Waals surface area contributed by atoms with Crippen LogP contribution in [-0.2, 0) is 4.79 Å². The highest BCUT2D eigenvalue weighted by molar-refractivity contribution is 6.00. The third kappa shape index (κ3) is 1.94. The van der Waals surface area contributed by atoms with Gasteiger partial charge in [-0.3, -0.25) is 4.79 Å². The van der Waals surface area contributed by atoms with Gasteiger partial charge in [-0.05, 0) is 19.4 Å². The van der Waals surface area contributed by atoms with Gasteiger partial charge in [-0.15, -0.1) is 0 Å². The third-order valence-electron chi connectivity index (χ3n) is 1.96. The van der Waals surface area contributed by atoms with Gasteiger partial charge in [0.1, 0.15) is 5.84 Å². The van der Waals surface area contributed by atoms with Gasteiger partial charge in [-0.1, -0.05) is 6.92 Å². The van der Waals surface area contributed by atoms with Crippen LogP contribution >= 0.6 is 0 Å². The Hall–Kier alpha value is -1.12. The van der Waals surface area contributed by atoms with Gasteiger partial charge < -0.3 is 5.32 Å². The highest BCUT2D eigenvalue weighted by atomic mass is 16.1. The number of carbonyl (C=O) groups is 1. The van der Waals surface area contributed by atoms with E-state index in [1.165, 1.54) is 5.57 Å². The first-order chi connectivity index (χ1) is 5.63. The number of amides is 1. The molecule has 0 aromatic rings. The predicted octanol–water partition coefficient (Wildman–Crippen LogP) is 1.61. The number of hydrogen-bond acceptors (Lipinski definition) is 2. The van der Waals surface area contributed by atoms with E-state index in [4.69, 9.17) is 0 Å². The zero-order chi connectivity index (χ0) is 9.14. The molecule has 66 valence electrons. The molecule has 0 aromatic heterocycles. The smallest absolute Gasteiger partial charge is 0.225 e. The lowest BCUT2D eigenvalue weighted by Crippen LogP contribution is -2.28. The number of nitrogens with one attached hydrogen (secondary N) is 1. The summed E-state index contributed by atoms with van der Waals surface area (Å²) in [7, 11) is 0. The highest BCUT2D eigenvalue weighted by Gasteiger charge is 2.12. The van der Waals surface area contributed by atoms with Crippen molar-refractivity contribution >= 4 is 11.7 Å². The van der Waals surface area contributed by atoms with Gasteiger partial charge in [0, 0.05) is 18.5 Å². The minimum Gasteiger partial charge on any atom is -0.314 e. The molecule has 3 heteroatoms. The molecule has 0 spiro atoms. The number of amidine groups is 1. The quantitative estimate of drug-likeness (QED) is 0.631. The number of aliphatic imine (C=N–C) groups is 1. The predicted molar refractivity (Wildman–Crippen MR) is 48.9 cm³/mol. The molecule has 0 unspecified atom stereocenters. The Balaban J connectivity index is 2.51. The second-order valence-corrected chi connectivity index (χ2v) is 3.00. The zero-order valence-corrected chi connectivity index (χ0v) is 7.77. The van der Waals surface area contributed by atoms with Crippen LogP contribution in [0.1, 0.15) is 33.6 Å². The number of rotatable bonds is 1. The van der Waals surface area contributed by atoms with Gasteiger partial charge in [-0.25, -0.2) is 4.99 Å². The summed E-state index contributed by atoms with van der Waals surface area (Å²) in [6.45, 7) is 5.82. The molecule has 1 rings (SSSR count). The fourth-order valence-electron chi connectivity index (χ4n) is 1.04. The Morgan fingerprint density at radius 2 is 2.25 bits per heavy atom. The Bertz CT molecular complexity index is 264. The number of hydrogen-bond donors (Lipinski definition) is 1. The molecular weight excluding hydrogens is 152 g/mol. The van der Waals surface area contributed by atoms with E-state index in [-0.39, 0.29) is 5.91 Å². The van der Waals surface area contributed by atoms with Crippen molar-refractivity contribution < 1.29 is 4.79 Å². The van der Waals surface area contributed by atoms with Crippen LogP contribution in [-0.4, -0.2) is 11.7 Å². The Morgan fingerprint density at radius 1 is 1.58 bits per heavy atom. The zero-order valence-electron chi connectivity index (χ0n) is 7.77. The molecule has 0 saturated carbocycles. The summed E-state index contributed by atoms with van der Waals surface area (Å²) in [6, 6.07) is 0. The molecule has 0 aromatic carbocycles. The van der Waals surface area contributed by atoms with Gasteiger partial charge in [0.2, 0.25) is 5.91 Å². The molecule has 0 aliphatic carbocycles. The molecule has 0 saturated heterocycles. The van der Waals surface area contributed by atoms with E-state index in [9.17, 15) is 4.79 Å². The fourth-order valence-corrected chi connectivity index (χ4v) is 1.04. The lowest BCUT2D eigenvalue weighted by atomic mass is 10.2. The van der Waals surface area contributed by atoms with Crippen molar-refractivity contribution in [2.45, 2.75) is 33.6 Å². The van der Waals surface area contributed by atoms with E-state index < -0.39 is 0 Å². The largest absolute Gasteiger partial charge is 0.314 e. The van der Waals surface area contributed by atoms with Crippen molar-refractivity contribution in [1.82, 2.24) is 5.32 Å². The molecule has 1 amide bonds. The van der Waals surface area contributed by atoms with Crippen LogP contribution in [0.4, 0.5) is 0 Å². The van der Waals surface area contributed by atoms with Gasteiger partial charge >= 0.3 is 0 Å². The standard InChI is InChI=1S/C9H14N2O/c1-4-9(12)11-8-5-6(2)7(3)10-8/h4-5H2,1-3H3,(H,10,11,12). The molecule has 12 heavy (non-hydrogen) atoms. The Morgan fingerprint density at radius 3 is 2.67 bits per heavy atom. The Kier molecular flexibility index (Phi) is 2.63. The first kappa shape index (κ1) is 8.97. The average molecular weight is 166 g/mol. The first-order valence-corrected chi connectivity index (χ1v) is 4.17. The first-order valence-electron chi connectivity index (χ1n) is 4.17. The molecular formula is C9H14N2O. The third-order valence-corrected chi connectivity index (χ3v) is 1.96. The van der Waals surface area contributed by atoms with Crippen LogP contribution in [0.3, 0.4) is 0 Å². The summed E-state index contributed by atoms with van der Waals surface area (Å²) in [5.41, 5.74) is 2.27. The van der Waals surface area contributed by atoms with Crippen LogP contribution in [0.5, 0.6) is 0 Å². The normalized spacial score (nSPS) is 16.4. The maximum atomic E-state index is 11.0. The van der Waals surface area contributed by atoms with E-state index in [2.05, 4.69) is 10.3 Å².